The van der Waals surface area contributed by atoms with Crippen LogP contribution in [0.4, 0.5) is 13.2 Å². The van der Waals surface area contributed by atoms with Crippen molar-refractivity contribution in [1.29, 1.82) is 0 Å². The monoisotopic (exact) mass is 404 g/mol. The molecule has 0 amide bonds. The van der Waals surface area contributed by atoms with E-state index in [1.807, 2.05) is 6.92 Å². The molecular weight excluding hydrogens is 377 g/mol. The second-order valence-electron chi connectivity index (χ2n) is 7.43. The lowest BCUT2D eigenvalue weighted by atomic mass is 9.79. The SMILES string of the molecule is CC=Cc1ccc(OCC2CCC(c3ccc(OCC)c(F)c3F)CC2)cc1F. The van der Waals surface area contributed by atoms with E-state index in [4.69, 9.17) is 9.47 Å². The van der Waals surface area contributed by atoms with Crippen LogP contribution in [0.1, 0.15) is 56.6 Å². The van der Waals surface area contributed by atoms with Crippen molar-refractivity contribution < 1.29 is 22.6 Å². The molecule has 1 aliphatic rings. The first kappa shape index (κ1) is 21.3. The van der Waals surface area contributed by atoms with Crippen LogP contribution >= 0.6 is 0 Å². The molecule has 0 aliphatic heterocycles. The first-order valence-electron chi connectivity index (χ1n) is 10.2. The van der Waals surface area contributed by atoms with Gasteiger partial charge >= 0.3 is 0 Å². The molecule has 0 unspecified atom stereocenters. The highest BCUT2D eigenvalue weighted by atomic mass is 19.2. The van der Waals surface area contributed by atoms with Gasteiger partial charge in [-0.1, -0.05) is 18.2 Å². The molecule has 2 aromatic rings. The zero-order valence-corrected chi connectivity index (χ0v) is 16.9. The highest BCUT2D eigenvalue weighted by molar-refractivity contribution is 5.51. The summed E-state index contributed by atoms with van der Waals surface area (Å²) in [4.78, 5) is 0. The van der Waals surface area contributed by atoms with Gasteiger partial charge in [0.25, 0.3) is 0 Å². The molecule has 0 radical (unpaired) electrons. The van der Waals surface area contributed by atoms with Gasteiger partial charge in [0.05, 0.1) is 13.2 Å². The highest BCUT2D eigenvalue weighted by Crippen LogP contribution is 2.38. The van der Waals surface area contributed by atoms with Crippen LogP contribution in [0.15, 0.2) is 36.4 Å². The molecule has 3 rings (SSSR count). The molecule has 29 heavy (non-hydrogen) atoms. The summed E-state index contributed by atoms with van der Waals surface area (Å²) in [6.07, 6.45) is 6.76. The van der Waals surface area contributed by atoms with Gasteiger partial charge < -0.3 is 9.47 Å². The Morgan fingerprint density at radius 2 is 1.72 bits per heavy atom. The van der Waals surface area contributed by atoms with Gasteiger partial charge in [-0.15, -0.1) is 0 Å². The minimum atomic E-state index is -0.904. The first-order valence-corrected chi connectivity index (χ1v) is 10.2. The van der Waals surface area contributed by atoms with E-state index in [0.717, 1.165) is 25.7 Å². The van der Waals surface area contributed by atoms with Crippen molar-refractivity contribution in [3.05, 3.63) is 65.0 Å². The topological polar surface area (TPSA) is 18.5 Å². The third kappa shape index (κ3) is 5.14. The summed E-state index contributed by atoms with van der Waals surface area (Å²) >= 11 is 0. The molecule has 2 aromatic carbocycles. The Balaban J connectivity index is 1.54. The highest BCUT2D eigenvalue weighted by Gasteiger charge is 2.27. The molecule has 0 N–H and O–H groups in total. The Morgan fingerprint density at radius 3 is 2.38 bits per heavy atom. The van der Waals surface area contributed by atoms with Gasteiger partial charge in [0.2, 0.25) is 5.82 Å². The van der Waals surface area contributed by atoms with Crippen LogP contribution in [0.25, 0.3) is 6.08 Å². The second kappa shape index (κ2) is 9.86. The van der Waals surface area contributed by atoms with Crippen LogP contribution in [-0.2, 0) is 0 Å². The van der Waals surface area contributed by atoms with Gasteiger partial charge in [0.1, 0.15) is 11.6 Å². The molecule has 156 valence electrons. The predicted octanol–water partition coefficient (Wildman–Crippen LogP) is 6.89. The van der Waals surface area contributed by atoms with E-state index in [1.165, 1.54) is 12.1 Å². The first-order chi connectivity index (χ1) is 14.0. The summed E-state index contributed by atoms with van der Waals surface area (Å²) in [7, 11) is 0. The minimum absolute atomic E-state index is 0.00557. The fraction of sp³-hybridized carbons (Fsp3) is 0.417. The summed E-state index contributed by atoms with van der Waals surface area (Å²) in [5.41, 5.74) is 0.955. The Labute approximate surface area is 170 Å². The van der Waals surface area contributed by atoms with Gasteiger partial charge in [0, 0.05) is 11.6 Å². The van der Waals surface area contributed by atoms with Gasteiger partial charge in [0.15, 0.2) is 11.6 Å². The number of benzene rings is 2. The van der Waals surface area contributed by atoms with Crippen molar-refractivity contribution in [3.8, 4) is 11.5 Å². The maximum Gasteiger partial charge on any atom is 0.200 e. The molecule has 0 aromatic heterocycles. The summed E-state index contributed by atoms with van der Waals surface area (Å²) in [5, 5.41) is 0. The summed E-state index contributed by atoms with van der Waals surface area (Å²) in [5.74, 6) is -1.22. The number of allylic oxidation sites excluding steroid dienone is 1. The zero-order chi connectivity index (χ0) is 20.8. The number of ether oxygens (including phenoxy) is 2. The quantitative estimate of drug-likeness (QED) is 0.500. The number of hydrogen-bond donors (Lipinski definition) is 0. The van der Waals surface area contributed by atoms with Gasteiger partial charge in [-0.3, -0.25) is 0 Å². The number of halogens is 3. The second-order valence-corrected chi connectivity index (χ2v) is 7.43. The molecule has 0 heterocycles. The molecule has 0 spiro atoms. The van der Waals surface area contributed by atoms with E-state index in [9.17, 15) is 13.2 Å². The standard InChI is InChI=1S/C24H27F3O2/c1-3-5-18-10-11-19(14-21(18)25)29-15-16-6-8-17(9-7-16)20-12-13-22(28-4-2)24(27)23(20)26/h3,5,10-14,16-17H,4,6-9,15H2,1-2H3. The fourth-order valence-corrected chi connectivity index (χ4v) is 3.90. The molecule has 0 bridgehead atoms. The van der Waals surface area contributed by atoms with Crippen molar-refractivity contribution in [1.82, 2.24) is 0 Å². The number of rotatable bonds is 7. The van der Waals surface area contributed by atoms with E-state index in [1.54, 1.807) is 37.3 Å². The largest absolute Gasteiger partial charge is 0.493 e. The van der Waals surface area contributed by atoms with Crippen LogP contribution in [-0.4, -0.2) is 13.2 Å². The van der Waals surface area contributed by atoms with E-state index in [0.29, 0.717) is 36.0 Å². The third-order valence-corrected chi connectivity index (χ3v) is 5.47. The molecule has 0 atom stereocenters. The lowest BCUT2D eigenvalue weighted by Crippen LogP contribution is -2.20. The van der Waals surface area contributed by atoms with Crippen molar-refractivity contribution in [2.75, 3.05) is 13.2 Å². The lowest BCUT2D eigenvalue weighted by Gasteiger charge is -2.29. The van der Waals surface area contributed by atoms with Gasteiger partial charge in [-0.05, 0) is 75.1 Å². The van der Waals surface area contributed by atoms with Crippen LogP contribution in [0.5, 0.6) is 11.5 Å². The van der Waals surface area contributed by atoms with Crippen molar-refractivity contribution in [2.24, 2.45) is 5.92 Å². The number of hydrogen-bond acceptors (Lipinski definition) is 2. The average molecular weight is 404 g/mol. The minimum Gasteiger partial charge on any atom is -0.493 e. The van der Waals surface area contributed by atoms with E-state index in [-0.39, 0.29) is 17.5 Å². The Bertz CT molecular complexity index is 855. The molecule has 0 saturated heterocycles. The smallest absolute Gasteiger partial charge is 0.200 e. The average Bonchev–Trinajstić information content (AvgIpc) is 2.73. The molecule has 5 heteroatoms. The predicted molar refractivity (Wildman–Crippen MR) is 109 cm³/mol. The summed E-state index contributed by atoms with van der Waals surface area (Å²) in [6, 6.07) is 8.02. The molecular formula is C24H27F3O2. The fourth-order valence-electron chi connectivity index (χ4n) is 3.90. The Kier molecular flexibility index (Phi) is 7.24. The van der Waals surface area contributed by atoms with E-state index in [2.05, 4.69) is 0 Å². The maximum atomic E-state index is 14.4. The molecule has 1 fully saturated rings. The molecule has 1 saturated carbocycles. The lowest BCUT2D eigenvalue weighted by molar-refractivity contribution is 0.198. The van der Waals surface area contributed by atoms with E-state index >= 15 is 0 Å². The maximum absolute atomic E-state index is 14.4. The molecule has 1 aliphatic carbocycles. The Morgan fingerprint density at radius 1 is 0.966 bits per heavy atom. The summed E-state index contributed by atoms with van der Waals surface area (Å²) < 4.78 is 53.5. The normalized spacial score (nSPS) is 19.5. The molecule has 2 nitrogen and oxygen atoms in total. The van der Waals surface area contributed by atoms with Crippen molar-refractivity contribution in [3.63, 3.8) is 0 Å². The van der Waals surface area contributed by atoms with Gasteiger partial charge in [-0.2, -0.15) is 4.39 Å². The van der Waals surface area contributed by atoms with E-state index < -0.39 is 11.6 Å². The van der Waals surface area contributed by atoms with Crippen molar-refractivity contribution >= 4 is 6.08 Å². The van der Waals surface area contributed by atoms with Crippen LogP contribution in [0.3, 0.4) is 0 Å². The van der Waals surface area contributed by atoms with Crippen molar-refractivity contribution in [2.45, 2.75) is 45.4 Å². The summed E-state index contributed by atoms with van der Waals surface area (Å²) in [6.45, 7) is 4.37. The van der Waals surface area contributed by atoms with Crippen LogP contribution in [0.2, 0.25) is 0 Å². The third-order valence-electron chi connectivity index (χ3n) is 5.47. The Hall–Kier alpha value is -2.43. The zero-order valence-electron chi connectivity index (χ0n) is 16.9. The van der Waals surface area contributed by atoms with Crippen LogP contribution < -0.4 is 9.47 Å². The van der Waals surface area contributed by atoms with Crippen LogP contribution in [0, 0.1) is 23.4 Å². The van der Waals surface area contributed by atoms with Gasteiger partial charge in [-0.25, -0.2) is 8.78 Å².